The van der Waals surface area contributed by atoms with Gasteiger partial charge in [0.25, 0.3) is 0 Å². The summed E-state index contributed by atoms with van der Waals surface area (Å²) in [6.07, 6.45) is 1.82. The van der Waals surface area contributed by atoms with Gasteiger partial charge in [-0.1, -0.05) is 34.1 Å². The summed E-state index contributed by atoms with van der Waals surface area (Å²) in [5, 5.41) is 9.40. The van der Waals surface area contributed by atoms with Gasteiger partial charge in [-0.3, -0.25) is 4.79 Å². The zero-order chi connectivity index (χ0) is 14.1. The van der Waals surface area contributed by atoms with Gasteiger partial charge in [-0.25, -0.2) is 0 Å². The molecule has 3 nitrogen and oxygen atoms in total. The zero-order valence-electron chi connectivity index (χ0n) is 10.5. The number of aromatic hydroxyl groups is 1. The van der Waals surface area contributed by atoms with Crippen molar-refractivity contribution in [3.8, 4) is 11.5 Å². The molecule has 0 atom stereocenters. The molecule has 0 aromatic heterocycles. The van der Waals surface area contributed by atoms with E-state index in [1.807, 2.05) is 30.3 Å². The molecule has 1 heterocycles. The first-order chi connectivity index (χ1) is 9.65. The molecule has 1 aliphatic rings. The highest BCUT2D eigenvalue weighted by atomic mass is 79.9. The van der Waals surface area contributed by atoms with E-state index in [9.17, 15) is 9.90 Å². The molecule has 4 heteroatoms. The molecule has 3 rings (SSSR count). The van der Waals surface area contributed by atoms with Crippen LogP contribution in [0.3, 0.4) is 0 Å². The van der Waals surface area contributed by atoms with Crippen LogP contribution in [0.25, 0.3) is 6.08 Å². The van der Waals surface area contributed by atoms with E-state index in [4.69, 9.17) is 4.74 Å². The highest BCUT2D eigenvalue weighted by Crippen LogP contribution is 2.31. The van der Waals surface area contributed by atoms with Crippen molar-refractivity contribution in [2.24, 2.45) is 0 Å². The fraction of sp³-hybridized carbons (Fsp3) is 0.0625. The Balaban J connectivity index is 2.00. The monoisotopic (exact) mass is 330 g/mol. The lowest BCUT2D eigenvalue weighted by Crippen LogP contribution is -2.18. The second-order valence-corrected chi connectivity index (χ2v) is 5.34. The van der Waals surface area contributed by atoms with Gasteiger partial charge >= 0.3 is 0 Å². The summed E-state index contributed by atoms with van der Waals surface area (Å²) >= 11 is 3.45. The van der Waals surface area contributed by atoms with Gasteiger partial charge in [-0.15, -0.1) is 0 Å². The molecule has 0 amide bonds. The molecular formula is C16H11BrO3. The third-order valence-electron chi connectivity index (χ3n) is 3.12. The average Bonchev–Trinajstić information content (AvgIpc) is 2.44. The third-order valence-corrected chi connectivity index (χ3v) is 3.84. The lowest BCUT2D eigenvalue weighted by Gasteiger charge is -2.19. The van der Waals surface area contributed by atoms with Crippen LogP contribution in [0.2, 0.25) is 0 Å². The number of rotatable bonds is 1. The van der Waals surface area contributed by atoms with Crippen LogP contribution in [-0.2, 0) is 0 Å². The standard InChI is InChI=1S/C16H11BrO3/c17-14-4-2-1-3-10(14)7-11-9-20-15-8-12(18)5-6-13(15)16(11)19/h1-8,18H,9H2/b11-7+. The Bertz CT molecular complexity index is 719. The number of Topliss-reactive ketones (excluding diaryl/α,β-unsaturated/α-hetero) is 1. The fourth-order valence-corrected chi connectivity index (χ4v) is 2.50. The van der Waals surface area contributed by atoms with E-state index in [0.29, 0.717) is 16.9 Å². The fourth-order valence-electron chi connectivity index (χ4n) is 2.10. The minimum absolute atomic E-state index is 0.0676. The summed E-state index contributed by atoms with van der Waals surface area (Å²) in [6.45, 7) is 0.205. The molecule has 20 heavy (non-hydrogen) atoms. The van der Waals surface area contributed by atoms with E-state index in [0.717, 1.165) is 10.0 Å². The first kappa shape index (κ1) is 12.9. The van der Waals surface area contributed by atoms with Crippen molar-refractivity contribution >= 4 is 27.8 Å². The van der Waals surface area contributed by atoms with E-state index in [1.54, 1.807) is 6.07 Å². The smallest absolute Gasteiger partial charge is 0.196 e. The van der Waals surface area contributed by atoms with Crippen LogP contribution in [0, 0.1) is 0 Å². The van der Waals surface area contributed by atoms with Gasteiger partial charge in [0.1, 0.15) is 18.1 Å². The van der Waals surface area contributed by atoms with E-state index < -0.39 is 0 Å². The minimum atomic E-state index is -0.0676. The quantitative estimate of drug-likeness (QED) is 0.808. The zero-order valence-corrected chi connectivity index (χ0v) is 12.1. The molecule has 0 saturated heterocycles. The Morgan fingerprint density at radius 3 is 2.80 bits per heavy atom. The summed E-state index contributed by atoms with van der Waals surface area (Å²) in [5.41, 5.74) is 2.00. The number of phenolic OH excluding ortho intramolecular Hbond substituents is 1. The van der Waals surface area contributed by atoms with Gasteiger partial charge in [0.15, 0.2) is 5.78 Å². The first-order valence-corrected chi connectivity index (χ1v) is 6.90. The number of carbonyl (C=O) groups is 1. The van der Waals surface area contributed by atoms with Gasteiger partial charge < -0.3 is 9.84 Å². The van der Waals surface area contributed by atoms with E-state index >= 15 is 0 Å². The molecule has 2 aromatic carbocycles. The number of carbonyl (C=O) groups excluding carboxylic acids is 1. The van der Waals surface area contributed by atoms with Crippen LogP contribution in [0.4, 0.5) is 0 Å². The van der Waals surface area contributed by atoms with Crippen molar-refractivity contribution in [3.05, 3.63) is 63.6 Å². The summed E-state index contributed by atoms with van der Waals surface area (Å²) in [6, 6.07) is 12.2. The van der Waals surface area contributed by atoms with E-state index in [1.165, 1.54) is 12.1 Å². The van der Waals surface area contributed by atoms with Crippen LogP contribution in [-0.4, -0.2) is 17.5 Å². The number of hydrogen-bond donors (Lipinski definition) is 1. The molecular weight excluding hydrogens is 320 g/mol. The van der Waals surface area contributed by atoms with Crippen LogP contribution in [0.5, 0.6) is 11.5 Å². The van der Waals surface area contributed by atoms with E-state index in [-0.39, 0.29) is 18.1 Å². The Morgan fingerprint density at radius 2 is 2.00 bits per heavy atom. The summed E-state index contributed by atoms with van der Waals surface area (Å²) in [7, 11) is 0. The van der Waals surface area contributed by atoms with Crippen molar-refractivity contribution in [1.29, 1.82) is 0 Å². The lowest BCUT2D eigenvalue weighted by atomic mass is 9.98. The predicted octanol–water partition coefficient (Wildman–Crippen LogP) is 3.81. The molecule has 0 saturated carbocycles. The second kappa shape index (κ2) is 5.13. The third kappa shape index (κ3) is 2.34. The maximum Gasteiger partial charge on any atom is 0.196 e. The molecule has 100 valence electrons. The first-order valence-electron chi connectivity index (χ1n) is 6.11. The number of fused-ring (bicyclic) bond motifs is 1. The van der Waals surface area contributed by atoms with Gasteiger partial charge in [-0.2, -0.15) is 0 Å². The molecule has 1 aliphatic heterocycles. The van der Waals surface area contributed by atoms with Gasteiger partial charge in [0.05, 0.1) is 5.56 Å². The van der Waals surface area contributed by atoms with Crippen molar-refractivity contribution < 1.29 is 14.6 Å². The van der Waals surface area contributed by atoms with Gasteiger partial charge in [0.2, 0.25) is 0 Å². The molecule has 2 aromatic rings. The molecule has 1 N–H and O–H groups in total. The number of ketones is 1. The Hall–Kier alpha value is -2.07. The van der Waals surface area contributed by atoms with Crippen LogP contribution in [0.1, 0.15) is 15.9 Å². The Labute approximate surface area is 124 Å². The average molecular weight is 331 g/mol. The number of phenols is 1. The molecule has 0 radical (unpaired) electrons. The lowest BCUT2D eigenvalue weighted by molar-refractivity contribution is 0.100. The molecule has 0 unspecified atom stereocenters. The molecule has 0 aliphatic carbocycles. The van der Waals surface area contributed by atoms with Crippen LogP contribution >= 0.6 is 15.9 Å². The normalized spacial score (nSPS) is 15.8. The van der Waals surface area contributed by atoms with Crippen molar-refractivity contribution in [3.63, 3.8) is 0 Å². The Morgan fingerprint density at radius 1 is 1.20 bits per heavy atom. The number of halogens is 1. The van der Waals surface area contributed by atoms with Gasteiger partial charge in [-0.05, 0) is 29.8 Å². The second-order valence-electron chi connectivity index (χ2n) is 4.49. The van der Waals surface area contributed by atoms with Crippen molar-refractivity contribution in [1.82, 2.24) is 0 Å². The Kier molecular flexibility index (Phi) is 3.32. The number of benzene rings is 2. The minimum Gasteiger partial charge on any atom is -0.508 e. The van der Waals surface area contributed by atoms with Crippen LogP contribution < -0.4 is 4.74 Å². The topological polar surface area (TPSA) is 46.5 Å². The largest absolute Gasteiger partial charge is 0.508 e. The number of hydrogen-bond acceptors (Lipinski definition) is 3. The summed E-state index contributed by atoms with van der Waals surface area (Å²) < 4.78 is 6.46. The molecule has 0 spiro atoms. The summed E-state index contributed by atoms with van der Waals surface area (Å²) in [4.78, 5) is 12.4. The van der Waals surface area contributed by atoms with Crippen LogP contribution in [0.15, 0.2) is 52.5 Å². The SMILES string of the molecule is O=C1/C(=C/c2ccccc2Br)COc2cc(O)ccc21. The van der Waals surface area contributed by atoms with Crippen molar-refractivity contribution in [2.75, 3.05) is 6.61 Å². The highest BCUT2D eigenvalue weighted by molar-refractivity contribution is 9.10. The maximum absolute atomic E-state index is 12.4. The number of ether oxygens (including phenoxy) is 1. The van der Waals surface area contributed by atoms with E-state index in [2.05, 4.69) is 15.9 Å². The summed E-state index contributed by atoms with van der Waals surface area (Å²) in [5.74, 6) is 0.455. The maximum atomic E-state index is 12.4. The highest BCUT2D eigenvalue weighted by Gasteiger charge is 2.23. The predicted molar refractivity (Wildman–Crippen MR) is 80.1 cm³/mol. The molecule has 0 fully saturated rings. The van der Waals surface area contributed by atoms with Crippen molar-refractivity contribution in [2.45, 2.75) is 0 Å². The van der Waals surface area contributed by atoms with Gasteiger partial charge in [0, 0.05) is 16.1 Å². The molecule has 0 bridgehead atoms.